The number of amides is 2. The number of halogens is 1. The minimum atomic E-state index is 0.0403. The molecule has 0 bridgehead atoms. The number of likely N-dealkylation sites (N-methyl/N-ethyl adjacent to an activating group) is 1. The first-order chi connectivity index (χ1) is 12.0. The Labute approximate surface area is 153 Å². The molecule has 1 atom stereocenters. The Bertz CT molecular complexity index is 627. The molecule has 6 nitrogen and oxygen atoms in total. The van der Waals surface area contributed by atoms with Crippen LogP contribution < -0.4 is 15.1 Å². The summed E-state index contributed by atoms with van der Waals surface area (Å²) in [5.41, 5.74) is 1.10. The average molecular weight is 366 g/mol. The molecule has 1 saturated carbocycles. The summed E-state index contributed by atoms with van der Waals surface area (Å²) in [5, 5.41) is 3.69. The van der Waals surface area contributed by atoms with Crippen LogP contribution >= 0.6 is 11.6 Å². The highest BCUT2D eigenvalue weighted by atomic mass is 35.5. The first kappa shape index (κ1) is 18.0. The van der Waals surface area contributed by atoms with Gasteiger partial charge in [-0.2, -0.15) is 0 Å². The Kier molecular flexibility index (Phi) is 5.81. The predicted molar refractivity (Wildman–Crippen MR) is 98.0 cm³/mol. The highest BCUT2D eigenvalue weighted by Gasteiger charge is 2.27. The van der Waals surface area contributed by atoms with Crippen LogP contribution in [0.5, 0.6) is 0 Å². The molecule has 136 valence electrons. The number of hydrogen-bond acceptors (Lipinski definition) is 3. The second-order valence-electron chi connectivity index (χ2n) is 7.00. The summed E-state index contributed by atoms with van der Waals surface area (Å²) in [5.74, 6) is 0.154. The van der Waals surface area contributed by atoms with Crippen LogP contribution in [0.15, 0.2) is 24.3 Å². The SMILES string of the molecule is C[NH+](CC(=O)NC1CC1)CC(=O)N1CCN(c2cccc(Cl)c2)CC1. The minimum Gasteiger partial charge on any atom is -0.368 e. The maximum absolute atomic E-state index is 12.5. The Morgan fingerprint density at radius 3 is 2.56 bits per heavy atom. The number of hydrogen-bond donors (Lipinski definition) is 2. The Hall–Kier alpha value is -1.79. The van der Waals surface area contributed by atoms with Gasteiger partial charge in [-0.3, -0.25) is 9.59 Å². The van der Waals surface area contributed by atoms with Crippen molar-refractivity contribution in [1.82, 2.24) is 10.2 Å². The Morgan fingerprint density at radius 2 is 1.92 bits per heavy atom. The molecule has 0 radical (unpaired) electrons. The summed E-state index contributed by atoms with van der Waals surface area (Å²) in [6, 6.07) is 8.17. The second-order valence-corrected chi connectivity index (χ2v) is 7.44. The fourth-order valence-electron chi connectivity index (χ4n) is 3.10. The molecule has 2 amide bonds. The summed E-state index contributed by atoms with van der Waals surface area (Å²) in [7, 11) is 1.90. The van der Waals surface area contributed by atoms with Crippen LogP contribution in [0.25, 0.3) is 0 Å². The molecule has 1 aliphatic carbocycles. The number of quaternary nitrogens is 1. The molecular formula is C18H26ClN4O2+. The fourth-order valence-corrected chi connectivity index (χ4v) is 3.28. The number of piperazine rings is 1. The molecule has 2 fully saturated rings. The first-order valence-corrected chi connectivity index (χ1v) is 9.28. The van der Waals surface area contributed by atoms with E-state index in [1.807, 2.05) is 36.2 Å². The van der Waals surface area contributed by atoms with Gasteiger partial charge in [0.15, 0.2) is 13.1 Å². The van der Waals surface area contributed by atoms with Gasteiger partial charge in [0.05, 0.1) is 7.05 Å². The first-order valence-electron chi connectivity index (χ1n) is 8.90. The Morgan fingerprint density at radius 1 is 1.20 bits per heavy atom. The van der Waals surface area contributed by atoms with E-state index in [4.69, 9.17) is 11.6 Å². The number of nitrogens with zero attached hydrogens (tertiary/aromatic N) is 2. The third-order valence-corrected chi connectivity index (χ3v) is 4.90. The van der Waals surface area contributed by atoms with Crippen molar-refractivity contribution in [1.29, 1.82) is 0 Å². The lowest BCUT2D eigenvalue weighted by Crippen LogP contribution is -3.11. The molecule has 7 heteroatoms. The molecule has 0 aromatic heterocycles. The van der Waals surface area contributed by atoms with E-state index in [0.29, 0.717) is 32.2 Å². The van der Waals surface area contributed by atoms with Crippen molar-refractivity contribution in [2.75, 3.05) is 51.2 Å². The molecule has 25 heavy (non-hydrogen) atoms. The van der Waals surface area contributed by atoms with E-state index >= 15 is 0 Å². The molecule has 1 unspecified atom stereocenters. The maximum Gasteiger partial charge on any atom is 0.277 e. The zero-order valence-corrected chi connectivity index (χ0v) is 15.4. The largest absolute Gasteiger partial charge is 0.368 e. The van der Waals surface area contributed by atoms with Crippen molar-refractivity contribution in [2.45, 2.75) is 18.9 Å². The highest BCUT2D eigenvalue weighted by Crippen LogP contribution is 2.20. The molecule has 1 aromatic rings. The summed E-state index contributed by atoms with van der Waals surface area (Å²) >= 11 is 6.05. The third-order valence-electron chi connectivity index (χ3n) is 4.66. The molecule has 1 aromatic carbocycles. The summed E-state index contributed by atoms with van der Waals surface area (Å²) < 4.78 is 0. The van der Waals surface area contributed by atoms with Crippen LogP contribution in [0.2, 0.25) is 5.02 Å². The number of carbonyl (C=O) groups is 2. The van der Waals surface area contributed by atoms with E-state index in [1.54, 1.807) is 0 Å². The number of benzene rings is 1. The average Bonchev–Trinajstić information content (AvgIpc) is 3.38. The maximum atomic E-state index is 12.5. The van der Waals surface area contributed by atoms with Gasteiger partial charge < -0.3 is 20.0 Å². The standard InChI is InChI=1S/C18H25ClN4O2/c1-21(12-17(24)20-15-5-6-15)13-18(25)23-9-7-22(8-10-23)16-4-2-3-14(19)11-16/h2-4,11,15H,5-10,12-13H2,1H3,(H,20,24)/p+1. The minimum absolute atomic E-state index is 0.0403. The van der Waals surface area contributed by atoms with Gasteiger partial charge in [0.1, 0.15) is 0 Å². The van der Waals surface area contributed by atoms with E-state index in [9.17, 15) is 9.59 Å². The summed E-state index contributed by atoms with van der Waals surface area (Å²) in [4.78, 5) is 29.3. The van der Waals surface area contributed by atoms with Crippen LogP contribution in [0.1, 0.15) is 12.8 Å². The van der Waals surface area contributed by atoms with Crippen LogP contribution in [0.3, 0.4) is 0 Å². The van der Waals surface area contributed by atoms with Crippen molar-refractivity contribution in [3.05, 3.63) is 29.3 Å². The zero-order chi connectivity index (χ0) is 17.8. The Balaban J connectivity index is 1.42. The van der Waals surface area contributed by atoms with E-state index in [-0.39, 0.29) is 11.8 Å². The van der Waals surface area contributed by atoms with Gasteiger partial charge in [-0.05, 0) is 31.0 Å². The normalized spacial score (nSPS) is 18.8. The second kappa shape index (κ2) is 8.06. The topological polar surface area (TPSA) is 57.1 Å². The quantitative estimate of drug-likeness (QED) is 0.733. The van der Waals surface area contributed by atoms with E-state index in [2.05, 4.69) is 10.2 Å². The molecule has 2 N–H and O–H groups in total. The van der Waals surface area contributed by atoms with Crippen LogP contribution in [0, 0.1) is 0 Å². The molecular weight excluding hydrogens is 340 g/mol. The molecule has 1 heterocycles. The van der Waals surface area contributed by atoms with Crippen LogP contribution in [0.4, 0.5) is 5.69 Å². The molecule has 1 saturated heterocycles. The van der Waals surface area contributed by atoms with Gasteiger partial charge in [-0.1, -0.05) is 17.7 Å². The molecule has 3 rings (SSSR count). The third kappa shape index (κ3) is 5.34. The van der Waals surface area contributed by atoms with Crippen molar-refractivity contribution in [3.8, 4) is 0 Å². The highest BCUT2D eigenvalue weighted by molar-refractivity contribution is 6.30. The van der Waals surface area contributed by atoms with Crippen molar-refractivity contribution in [3.63, 3.8) is 0 Å². The monoisotopic (exact) mass is 365 g/mol. The van der Waals surface area contributed by atoms with Gasteiger partial charge >= 0.3 is 0 Å². The molecule has 1 aliphatic heterocycles. The fraction of sp³-hybridized carbons (Fsp3) is 0.556. The number of carbonyl (C=O) groups excluding carboxylic acids is 2. The lowest BCUT2D eigenvalue weighted by molar-refractivity contribution is -0.863. The number of rotatable bonds is 6. The van der Waals surface area contributed by atoms with Gasteiger partial charge in [-0.25, -0.2) is 0 Å². The van der Waals surface area contributed by atoms with Crippen molar-refractivity contribution >= 4 is 29.1 Å². The van der Waals surface area contributed by atoms with Crippen molar-refractivity contribution < 1.29 is 14.5 Å². The lowest BCUT2D eigenvalue weighted by atomic mass is 10.2. The summed E-state index contributed by atoms with van der Waals surface area (Å²) in [6.07, 6.45) is 2.17. The van der Waals surface area contributed by atoms with Crippen molar-refractivity contribution in [2.24, 2.45) is 0 Å². The van der Waals surface area contributed by atoms with Crippen LogP contribution in [-0.4, -0.2) is 69.1 Å². The number of nitrogens with one attached hydrogen (secondary N) is 2. The van der Waals surface area contributed by atoms with E-state index < -0.39 is 0 Å². The van der Waals surface area contributed by atoms with Gasteiger partial charge in [0.25, 0.3) is 11.8 Å². The zero-order valence-electron chi connectivity index (χ0n) is 14.6. The lowest BCUT2D eigenvalue weighted by Gasteiger charge is -2.36. The molecule has 2 aliphatic rings. The van der Waals surface area contributed by atoms with E-state index in [1.165, 1.54) is 0 Å². The van der Waals surface area contributed by atoms with E-state index in [0.717, 1.165) is 41.5 Å². The predicted octanol–water partition coefficient (Wildman–Crippen LogP) is -0.218. The van der Waals surface area contributed by atoms with Gasteiger partial charge in [0, 0.05) is 42.9 Å². The van der Waals surface area contributed by atoms with Gasteiger partial charge in [0.2, 0.25) is 0 Å². The molecule has 0 spiro atoms. The smallest absolute Gasteiger partial charge is 0.277 e. The summed E-state index contributed by atoms with van der Waals surface area (Å²) in [6.45, 7) is 3.71. The van der Waals surface area contributed by atoms with Crippen LogP contribution in [-0.2, 0) is 9.59 Å². The van der Waals surface area contributed by atoms with Gasteiger partial charge in [-0.15, -0.1) is 0 Å². The number of anilines is 1.